The summed E-state index contributed by atoms with van der Waals surface area (Å²) < 4.78 is 60.0. The summed E-state index contributed by atoms with van der Waals surface area (Å²) in [6.07, 6.45) is 0. The molecule has 0 aromatic heterocycles. The normalized spacial score (nSPS) is 18.5. The maximum Gasteiger partial charge on any atom is 0.265 e. The fourth-order valence-corrected chi connectivity index (χ4v) is 8.28. The molecule has 3 nitrogen and oxygen atoms in total. The van der Waals surface area contributed by atoms with E-state index < -0.39 is 27.2 Å². The lowest BCUT2D eigenvalue weighted by Gasteiger charge is -2.41. The third-order valence-corrected chi connectivity index (χ3v) is 11.0. The molecule has 0 radical (unpaired) electrons. The van der Waals surface area contributed by atoms with E-state index in [1.54, 1.807) is 48.5 Å². The Labute approximate surface area is 234 Å². The van der Waals surface area contributed by atoms with Crippen molar-refractivity contribution in [3.63, 3.8) is 0 Å². The number of para-hydroxylation sites is 1. The fourth-order valence-electron chi connectivity index (χ4n) is 6.51. The predicted octanol–water partition coefficient (Wildman–Crippen LogP) is 8.25. The number of benzene rings is 4. The zero-order valence-electron chi connectivity index (χ0n) is 23.2. The number of rotatable bonds is 4. The number of allylic oxidation sites excluding steroid dienone is 1. The minimum absolute atomic E-state index is 0.141. The van der Waals surface area contributed by atoms with Crippen LogP contribution in [-0.4, -0.2) is 8.42 Å². The number of halogens is 2. The van der Waals surface area contributed by atoms with Crippen LogP contribution in [0, 0.1) is 29.4 Å². The van der Waals surface area contributed by atoms with Gasteiger partial charge in [-0.2, -0.15) is 0 Å². The van der Waals surface area contributed by atoms with E-state index in [9.17, 15) is 17.2 Å². The van der Waals surface area contributed by atoms with E-state index in [0.29, 0.717) is 16.8 Å². The molecule has 0 spiro atoms. The molecule has 0 bridgehead atoms. The van der Waals surface area contributed by atoms with E-state index in [0.717, 1.165) is 22.3 Å². The summed E-state index contributed by atoms with van der Waals surface area (Å²) in [4.78, 5) is 0.141. The van der Waals surface area contributed by atoms with E-state index in [1.165, 1.54) is 28.6 Å². The number of hydrogen-bond acceptors (Lipinski definition) is 2. The summed E-state index contributed by atoms with van der Waals surface area (Å²) in [5.74, 6) is -0.856. The second-order valence-corrected chi connectivity index (χ2v) is 13.6. The zero-order valence-corrected chi connectivity index (χ0v) is 24.0. The second kappa shape index (κ2) is 8.61. The van der Waals surface area contributed by atoms with Gasteiger partial charge in [-0.1, -0.05) is 93.4 Å². The van der Waals surface area contributed by atoms with E-state index >= 15 is 0 Å². The summed E-state index contributed by atoms with van der Waals surface area (Å²) in [5, 5.41) is 0. The quantitative estimate of drug-likeness (QED) is 0.254. The molecule has 1 fully saturated rings. The molecule has 4 aromatic carbocycles. The third-order valence-electron chi connectivity index (χ3n) is 9.14. The highest BCUT2D eigenvalue weighted by molar-refractivity contribution is 7.93. The molecule has 1 aliphatic carbocycles. The molecular weight excluding hydrogens is 524 g/mol. The molecule has 204 valence electrons. The predicted molar refractivity (Wildman–Crippen MR) is 155 cm³/mol. The number of nitrogens with zero attached hydrogens (tertiary/aromatic N) is 1. The van der Waals surface area contributed by atoms with Gasteiger partial charge in [-0.25, -0.2) is 21.5 Å². The average molecular weight is 556 g/mol. The van der Waals surface area contributed by atoms with Gasteiger partial charge in [0.05, 0.1) is 10.6 Å². The molecule has 4 aromatic rings. The minimum atomic E-state index is -4.19. The smallest absolute Gasteiger partial charge is 0.246 e. The van der Waals surface area contributed by atoms with Gasteiger partial charge in [0.1, 0.15) is 17.2 Å². The van der Waals surface area contributed by atoms with Crippen LogP contribution in [0.25, 0.3) is 5.57 Å². The van der Waals surface area contributed by atoms with Crippen molar-refractivity contribution in [2.75, 3.05) is 4.31 Å². The van der Waals surface area contributed by atoms with Crippen molar-refractivity contribution in [3.05, 3.63) is 137 Å². The van der Waals surface area contributed by atoms with Gasteiger partial charge in [0.2, 0.25) is 0 Å². The Kier molecular flexibility index (Phi) is 5.70. The second-order valence-electron chi connectivity index (χ2n) is 11.8. The molecule has 6 heteroatoms. The van der Waals surface area contributed by atoms with Crippen LogP contribution >= 0.6 is 0 Å². The molecule has 0 N–H and O–H groups in total. The van der Waals surface area contributed by atoms with Crippen molar-refractivity contribution >= 4 is 21.3 Å². The van der Waals surface area contributed by atoms with Gasteiger partial charge < -0.3 is 0 Å². The maximum absolute atomic E-state index is 14.9. The van der Waals surface area contributed by atoms with Crippen molar-refractivity contribution in [2.24, 2.45) is 10.8 Å². The number of hydrogen-bond donors (Lipinski definition) is 0. The summed E-state index contributed by atoms with van der Waals surface area (Å²) >= 11 is 0. The van der Waals surface area contributed by atoms with Crippen LogP contribution < -0.4 is 4.31 Å². The first kappa shape index (κ1) is 26.5. The summed E-state index contributed by atoms with van der Waals surface area (Å²) in [6, 6.07) is 26.3. The fraction of sp³-hybridized carbons (Fsp3) is 0.235. The lowest BCUT2D eigenvalue weighted by atomic mass is 9.75. The molecule has 0 atom stereocenters. The van der Waals surface area contributed by atoms with Crippen LogP contribution in [0.2, 0.25) is 0 Å². The van der Waals surface area contributed by atoms with Crippen LogP contribution in [0.1, 0.15) is 49.9 Å². The maximum atomic E-state index is 14.9. The number of anilines is 1. The number of fused-ring (bicyclic) bond motifs is 1. The van der Waals surface area contributed by atoms with Crippen molar-refractivity contribution in [1.82, 2.24) is 0 Å². The largest absolute Gasteiger partial charge is 0.265 e. The SMILES string of the molecule is Cc1ccc(S(=O)(=O)N2c3ccccc3C(=C3C(C)(C)C3(C)C)C2(c2ccc(F)cc2)c2ccc(F)cc2)cc1. The highest BCUT2D eigenvalue weighted by Crippen LogP contribution is 2.74. The van der Waals surface area contributed by atoms with Crippen molar-refractivity contribution < 1.29 is 17.2 Å². The van der Waals surface area contributed by atoms with Crippen molar-refractivity contribution in [3.8, 4) is 0 Å². The molecule has 1 saturated carbocycles. The van der Waals surface area contributed by atoms with Gasteiger partial charge in [0.25, 0.3) is 10.0 Å². The van der Waals surface area contributed by atoms with E-state index in [2.05, 4.69) is 27.7 Å². The average Bonchev–Trinajstić information content (AvgIpc) is 3.16. The molecular formula is C34H31F2NO2S. The lowest BCUT2D eigenvalue weighted by molar-refractivity contribution is 0.457. The monoisotopic (exact) mass is 555 g/mol. The molecule has 1 heterocycles. The first-order chi connectivity index (χ1) is 18.8. The summed E-state index contributed by atoms with van der Waals surface area (Å²) in [6.45, 7) is 10.6. The Hall–Kier alpha value is -3.77. The van der Waals surface area contributed by atoms with E-state index in [-0.39, 0.29) is 15.7 Å². The van der Waals surface area contributed by atoms with Crippen LogP contribution in [0.15, 0.2) is 108 Å². The molecule has 2 aliphatic rings. The van der Waals surface area contributed by atoms with E-state index in [1.807, 2.05) is 31.2 Å². The highest BCUT2D eigenvalue weighted by atomic mass is 32.2. The Bertz CT molecular complexity index is 1710. The standard InChI is InChI=1S/C34H31F2NO2S/c1-22-10-20-27(21-11-22)40(38,39)37-29-9-7-6-8-28(29)30(31-32(2,3)33(31,4)5)34(37,23-12-16-25(35)17-13-23)24-14-18-26(36)19-15-24/h6-21H,1-5H3. The topological polar surface area (TPSA) is 37.4 Å². The van der Waals surface area contributed by atoms with Gasteiger partial charge in [-0.3, -0.25) is 0 Å². The van der Waals surface area contributed by atoms with Gasteiger partial charge in [-0.15, -0.1) is 0 Å². The summed E-state index contributed by atoms with van der Waals surface area (Å²) in [5.41, 5.74) is 3.45. The van der Waals surface area contributed by atoms with Gasteiger partial charge in [-0.05, 0) is 76.9 Å². The van der Waals surface area contributed by atoms with Gasteiger partial charge in [0, 0.05) is 5.56 Å². The molecule has 6 rings (SSSR count). The Balaban J connectivity index is 1.83. The first-order valence-electron chi connectivity index (χ1n) is 13.3. The Morgan fingerprint density at radius 3 is 1.60 bits per heavy atom. The zero-order chi connectivity index (χ0) is 28.7. The van der Waals surface area contributed by atoms with Crippen molar-refractivity contribution in [1.29, 1.82) is 0 Å². The number of sulfonamides is 1. The van der Waals surface area contributed by atoms with Crippen LogP contribution in [-0.2, 0) is 15.6 Å². The lowest BCUT2D eigenvalue weighted by Crippen LogP contribution is -2.48. The molecule has 40 heavy (non-hydrogen) atoms. The minimum Gasteiger partial charge on any atom is -0.246 e. The van der Waals surface area contributed by atoms with Crippen LogP contribution in [0.5, 0.6) is 0 Å². The van der Waals surface area contributed by atoms with E-state index in [4.69, 9.17) is 0 Å². The highest BCUT2D eigenvalue weighted by Gasteiger charge is 2.67. The third kappa shape index (κ3) is 3.48. The van der Waals surface area contributed by atoms with Gasteiger partial charge in [0.15, 0.2) is 0 Å². The molecule has 0 amide bonds. The molecule has 0 saturated heterocycles. The molecule has 1 aliphatic heterocycles. The first-order valence-corrected chi connectivity index (χ1v) is 14.8. The number of aryl methyl sites for hydroxylation is 1. The molecule has 0 unspecified atom stereocenters. The Morgan fingerprint density at radius 2 is 1.12 bits per heavy atom. The van der Waals surface area contributed by atoms with Crippen molar-refractivity contribution in [2.45, 2.75) is 45.1 Å². The van der Waals surface area contributed by atoms with Crippen LogP contribution in [0.3, 0.4) is 0 Å². The van der Waals surface area contributed by atoms with Crippen LogP contribution in [0.4, 0.5) is 14.5 Å². The van der Waals surface area contributed by atoms with Gasteiger partial charge >= 0.3 is 0 Å². The summed E-state index contributed by atoms with van der Waals surface area (Å²) in [7, 11) is -4.19. The Morgan fingerprint density at radius 1 is 0.650 bits per heavy atom.